The van der Waals surface area contributed by atoms with Crippen LogP contribution in [-0.2, 0) is 6.42 Å². The standard InChI is InChI=1S/C14H16N4O/c15-8-4-7-12-11(14(16)19)9-13(18-17-12)10-5-2-1-3-6-10/h1-3,5-6,9H,4,7-8,15H2,(H2,16,19). The molecule has 0 spiro atoms. The highest BCUT2D eigenvalue weighted by molar-refractivity contribution is 5.94. The summed E-state index contributed by atoms with van der Waals surface area (Å²) in [6.07, 6.45) is 1.36. The average molecular weight is 256 g/mol. The number of aryl methyl sites for hydroxylation is 1. The predicted octanol–water partition coefficient (Wildman–Crippen LogP) is 1.13. The normalized spacial score (nSPS) is 10.4. The van der Waals surface area contributed by atoms with Gasteiger partial charge in [0.05, 0.1) is 17.0 Å². The fraction of sp³-hybridized carbons (Fsp3) is 0.214. The lowest BCUT2D eigenvalue weighted by Gasteiger charge is -2.07. The topological polar surface area (TPSA) is 94.9 Å². The molecule has 0 aliphatic carbocycles. The van der Waals surface area contributed by atoms with Gasteiger partial charge in [0, 0.05) is 5.56 Å². The molecule has 0 atom stereocenters. The summed E-state index contributed by atoms with van der Waals surface area (Å²) >= 11 is 0. The second-order valence-electron chi connectivity index (χ2n) is 4.21. The number of primary amides is 1. The second-order valence-corrected chi connectivity index (χ2v) is 4.21. The Balaban J connectivity index is 2.39. The van der Waals surface area contributed by atoms with Gasteiger partial charge in [-0.3, -0.25) is 4.79 Å². The number of aromatic nitrogens is 2. The molecule has 0 saturated heterocycles. The van der Waals surface area contributed by atoms with Crippen molar-refractivity contribution in [3.63, 3.8) is 0 Å². The molecule has 1 heterocycles. The third kappa shape index (κ3) is 3.14. The predicted molar refractivity (Wildman–Crippen MR) is 73.4 cm³/mol. The zero-order chi connectivity index (χ0) is 13.7. The van der Waals surface area contributed by atoms with E-state index in [-0.39, 0.29) is 0 Å². The van der Waals surface area contributed by atoms with Crippen LogP contribution in [0.5, 0.6) is 0 Å². The zero-order valence-corrected chi connectivity index (χ0v) is 10.5. The molecule has 0 saturated carbocycles. The highest BCUT2D eigenvalue weighted by atomic mass is 16.1. The molecular weight excluding hydrogens is 240 g/mol. The summed E-state index contributed by atoms with van der Waals surface area (Å²) in [6.45, 7) is 0.542. The first kappa shape index (κ1) is 13.2. The van der Waals surface area contributed by atoms with Gasteiger partial charge in [0.1, 0.15) is 0 Å². The molecule has 0 radical (unpaired) electrons. The minimum Gasteiger partial charge on any atom is -0.366 e. The summed E-state index contributed by atoms with van der Waals surface area (Å²) in [4.78, 5) is 11.5. The van der Waals surface area contributed by atoms with Crippen LogP contribution in [0.2, 0.25) is 0 Å². The lowest BCUT2D eigenvalue weighted by atomic mass is 10.1. The summed E-state index contributed by atoms with van der Waals surface area (Å²) in [5.74, 6) is -0.487. The van der Waals surface area contributed by atoms with Gasteiger partial charge < -0.3 is 11.5 Å². The van der Waals surface area contributed by atoms with Crippen LogP contribution < -0.4 is 11.5 Å². The zero-order valence-electron chi connectivity index (χ0n) is 10.5. The Morgan fingerprint density at radius 1 is 1.16 bits per heavy atom. The number of rotatable bonds is 5. The van der Waals surface area contributed by atoms with Crippen molar-refractivity contribution in [2.45, 2.75) is 12.8 Å². The average Bonchev–Trinajstić information content (AvgIpc) is 2.45. The van der Waals surface area contributed by atoms with Crippen LogP contribution in [0.4, 0.5) is 0 Å². The van der Waals surface area contributed by atoms with Crippen molar-refractivity contribution in [3.05, 3.63) is 47.7 Å². The van der Waals surface area contributed by atoms with Gasteiger partial charge in [-0.25, -0.2) is 0 Å². The van der Waals surface area contributed by atoms with Gasteiger partial charge in [-0.15, -0.1) is 0 Å². The van der Waals surface area contributed by atoms with Crippen molar-refractivity contribution in [2.24, 2.45) is 11.5 Å². The number of carbonyl (C=O) groups is 1. The van der Waals surface area contributed by atoms with E-state index in [1.807, 2.05) is 30.3 Å². The monoisotopic (exact) mass is 256 g/mol. The summed E-state index contributed by atoms with van der Waals surface area (Å²) in [6, 6.07) is 11.2. The Labute approximate surface area is 111 Å². The highest BCUT2D eigenvalue weighted by Gasteiger charge is 2.12. The van der Waals surface area contributed by atoms with Gasteiger partial charge in [-0.05, 0) is 25.5 Å². The molecule has 5 nitrogen and oxygen atoms in total. The number of hydrogen-bond acceptors (Lipinski definition) is 4. The Bertz CT molecular complexity index is 569. The Kier molecular flexibility index (Phi) is 4.20. The van der Waals surface area contributed by atoms with Gasteiger partial charge in [0.2, 0.25) is 0 Å². The summed E-state index contributed by atoms with van der Waals surface area (Å²) in [5, 5.41) is 8.25. The minimum absolute atomic E-state index is 0.419. The molecule has 0 aliphatic heterocycles. The van der Waals surface area contributed by atoms with E-state index in [0.29, 0.717) is 29.9 Å². The highest BCUT2D eigenvalue weighted by Crippen LogP contribution is 2.18. The lowest BCUT2D eigenvalue weighted by Crippen LogP contribution is -2.16. The maximum absolute atomic E-state index is 11.5. The molecule has 0 fully saturated rings. The van der Waals surface area contributed by atoms with Crippen molar-refractivity contribution in [2.75, 3.05) is 6.54 Å². The van der Waals surface area contributed by atoms with Gasteiger partial charge >= 0.3 is 0 Å². The number of nitrogens with zero attached hydrogens (tertiary/aromatic N) is 2. The van der Waals surface area contributed by atoms with E-state index in [1.54, 1.807) is 6.07 Å². The fourth-order valence-electron chi connectivity index (χ4n) is 1.83. The van der Waals surface area contributed by atoms with Crippen LogP contribution in [0.15, 0.2) is 36.4 Å². The van der Waals surface area contributed by atoms with Crippen molar-refractivity contribution in [1.82, 2.24) is 10.2 Å². The smallest absolute Gasteiger partial charge is 0.250 e. The molecule has 0 bridgehead atoms. The van der Waals surface area contributed by atoms with Crippen LogP contribution >= 0.6 is 0 Å². The van der Waals surface area contributed by atoms with Crippen LogP contribution in [0, 0.1) is 0 Å². The van der Waals surface area contributed by atoms with Gasteiger partial charge in [-0.1, -0.05) is 30.3 Å². The quantitative estimate of drug-likeness (QED) is 0.838. The van der Waals surface area contributed by atoms with E-state index in [2.05, 4.69) is 10.2 Å². The molecule has 1 aromatic carbocycles. The van der Waals surface area contributed by atoms with Crippen LogP contribution in [0.25, 0.3) is 11.3 Å². The molecule has 1 aromatic heterocycles. The largest absolute Gasteiger partial charge is 0.366 e. The molecule has 19 heavy (non-hydrogen) atoms. The van der Waals surface area contributed by atoms with E-state index in [1.165, 1.54) is 0 Å². The number of hydrogen-bond donors (Lipinski definition) is 2. The van der Waals surface area contributed by atoms with Gasteiger partial charge in [-0.2, -0.15) is 10.2 Å². The van der Waals surface area contributed by atoms with Crippen molar-refractivity contribution in [1.29, 1.82) is 0 Å². The molecule has 2 rings (SSSR count). The maximum atomic E-state index is 11.5. The molecule has 5 heteroatoms. The third-order valence-electron chi connectivity index (χ3n) is 2.82. The molecule has 98 valence electrons. The van der Waals surface area contributed by atoms with Crippen molar-refractivity contribution >= 4 is 5.91 Å². The Morgan fingerprint density at radius 2 is 1.89 bits per heavy atom. The maximum Gasteiger partial charge on any atom is 0.250 e. The van der Waals surface area contributed by atoms with Crippen molar-refractivity contribution < 1.29 is 4.79 Å². The second kappa shape index (κ2) is 6.06. The van der Waals surface area contributed by atoms with Crippen LogP contribution in [0.1, 0.15) is 22.5 Å². The molecule has 0 aliphatic rings. The molecule has 4 N–H and O–H groups in total. The van der Waals surface area contributed by atoms with Crippen LogP contribution in [-0.4, -0.2) is 22.6 Å². The third-order valence-corrected chi connectivity index (χ3v) is 2.82. The first-order chi connectivity index (χ1) is 9.22. The van der Waals surface area contributed by atoms with Gasteiger partial charge in [0.25, 0.3) is 5.91 Å². The van der Waals surface area contributed by atoms with E-state index < -0.39 is 5.91 Å². The SMILES string of the molecule is NCCCc1nnc(-c2ccccc2)cc1C(N)=O. The summed E-state index contributed by atoms with van der Waals surface area (Å²) in [5.41, 5.74) is 13.4. The van der Waals surface area contributed by atoms with Crippen molar-refractivity contribution in [3.8, 4) is 11.3 Å². The number of amides is 1. The van der Waals surface area contributed by atoms with Gasteiger partial charge in [0.15, 0.2) is 0 Å². The van der Waals surface area contributed by atoms with E-state index >= 15 is 0 Å². The first-order valence-electron chi connectivity index (χ1n) is 6.14. The molecular formula is C14H16N4O. The first-order valence-corrected chi connectivity index (χ1v) is 6.14. The summed E-state index contributed by atoms with van der Waals surface area (Å²) in [7, 11) is 0. The number of carbonyl (C=O) groups excluding carboxylic acids is 1. The summed E-state index contributed by atoms with van der Waals surface area (Å²) < 4.78 is 0. The van der Waals surface area contributed by atoms with E-state index in [4.69, 9.17) is 11.5 Å². The van der Waals surface area contributed by atoms with E-state index in [0.717, 1.165) is 12.0 Å². The number of benzene rings is 1. The Hall–Kier alpha value is -2.27. The lowest BCUT2D eigenvalue weighted by molar-refractivity contribution is 0.0998. The fourth-order valence-corrected chi connectivity index (χ4v) is 1.83. The van der Waals surface area contributed by atoms with Crippen LogP contribution in [0.3, 0.4) is 0 Å². The Morgan fingerprint density at radius 3 is 2.53 bits per heavy atom. The molecule has 0 unspecified atom stereocenters. The molecule has 2 aromatic rings. The molecule has 1 amide bonds. The van der Waals surface area contributed by atoms with E-state index in [9.17, 15) is 4.79 Å². The number of nitrogens with two attached hydrogens (primary N) is 2. The minimum atomic E-state index is -0.487.